The quantitative estimate of drug-likeness (QED) is 0.394. The third-order valence-corrected chi connectivity index (χ3v) is 1.09. The monoisotopic (exact) mass is 183 g/mol. The highest BCUT2D eigenvalue weighted by molar-refractivity contribution is 5.89. The van der Waals surface area contributed by atoms with Gasteiger partial charge in [-0.2, -0.15) is 0 Å². The molecule has 0 saturated heterocycles. The third kappa shape index (κ3) is 13.7. The van der Waals surface area contributed by atoms with Crippen molar-refractivity contribution in [1.29, 1.82) is 0 Å². The first-order valence-corrected chi connectivity index (χ1v) is 3.97. The SMILES string of the molecule is C#CC(C)(C)C.CC(C=O)C(N)=O. The second-order valence-electron chi connectivity index (χ2n) is 3.72. The van der Waals surface area contributed by atoms with E-state index in [0.29, 0.717) is 6.29 Å². The van der Waals surface area contributed by atoms with Crippen LogP contribution in [0, 0.1) is 23.7 Å². The van der Waals surface area contributed by atoms with E-state index in [1.54, 1.807) is 0 Å². The number of carbonyl (C=O) groups is 2. The van der Waals surface area contributed by atoms with Crippen molar-refractivity contribution in [2.45, 2.75) is 27.7 Å². The first kappa shape index (κ1) is 14.2. The van der Waals surface area contributed by atoms with Crippen LogP contribution in [0.4, 0.5) is 0 Å². The van der Waals surface area contributed by atoms with Gasteiger partial charge in [-0.3, -0.25) is 4.79 Å². The molecule has 74 valence electrons. The number of terminal acetylenes is 1. The number of amides is 1. The highest BCUT2D eigenvalue weighted by atomic mass is 16.2. The van der Waals surface area contributed by atoms with Crippen LogP contribution in [0.3, 0.4) is 0 Å². The number of carbonyl (C=O) groups excluding carboxylic acids is 2. The second-order valence-corrected chi connectivity index (χ2v) is 3.72. The summed E-state index contributed by atoms with van der Waals surface area (Å²) in [6.07, 6.45) is 5.57. The first-order chi connectivity index (χ1) is 5.74. The molecule has 2 N–H and O–H groups in total. The number of nitrogens with two attached hydrogens (primary N) is 1. The van der Waals surface area contributed by atoms with Crippen LogP contribution < -0.4 is 5.73 Å². The Kier molecular flexibility index (Phi) is 6.84. The predicted molar refractivity (Wildman–Crippen MR) is 52.7 cm³/mol. The minimum absolute atomic E-state index is 0.0694. The fraction of sp³-hybridized carbons (Fsp3) is 0.600. The molecule has 0 radical (unpaired) electrons. The average molecular weight is 183 g/mol. The molecule has 1 unspecified atom stereocenters. The largest absolute Gasteiger partial charge is 0.369 e. The molecule has 13 heavy (non-hydrogen) atoms. The molecule has 0 aliphatic heterocycles. The molecular formula is C10H17NO2. The average Bonchev–Trinajstić information content (AvgIpc) is 2.02. The molecule has 1 amide bonds. The zero-order valence-corrected chi connectivity index (χ0v) is 8.63. The smallest absolute Gasteiger partial charge is 0.227 e. The van der Waals surface area contributed by atoms with Gasteiger partial charge in [-0.05, 0) is 27.7 Å². The van der Waals surface area contributed by atoms with Gasteiger partial charge in [-0.15, -0.1) is 12.3 Å². The van der Waals surface area contributed by atoms with E-state index in [2.05, 4.69) is 11.7 Å². The van der Waals surface area contributed by atoms with Crippen LogP contribution >= 0.6 is 0 Å². The Labute approximate surface area is 79.7 Å². The highest BCUT2D eigenvalue weighted by Gasteiger charge is 2.03. The number of hydrogen-bond acceptors (Lipinski definition) is 2. The molecular weight excluding hydrogens is 166 g/mol. The maximum atomic E-state index is 9.92. The fourth-order valence-corrected chi connectivity index (χ4v) is 0.0671. The minimum atomic E-state index is -0.639. The summed E-state index contributed by atoms with van der Waals surface area (Å²) in [6, 6.07) is 0. The lowest BCUT2D eigenvalue weighted by atomic mass is 9.99. The van der Waals surface area contributed by atoms with Crippen LogP contribution in [0.2, 0.25) is 0 Å². The molecule has 0 aromatic rings. The standard InChI is InChI=1S/C6H10.C4H7NO2/c1-5-6(2,3)4;1-3(2-6)4(5)7/h1H,2-4H3;2-3H,1H3,(H2,5,7). The summed E-state index contributed by atoms with van der Waals surface area (Å²) in [4.78, 5) is 19.6. The Balaban J connectivity index is 0. The lowest BCUT2D eigenvalue weighted by Crippen LogP contribution is -2.21. The topological polar surface area (TPSA) is 60.2 Å². The van der Waals surface area contributed by atoms with Gasteiger partial charge >= 0.3 is 0 Å². The molecule has 0 spiro atoms. The van der Waals surface area contributed by atoms with Gasteiger partial charge in [0.15, 0.2) is 0 Å². The number of rotatable bonds is 2. The zero-order valence-electron chi connectivity index (χ0n) is 8.63. The molecule has 0 aliphatic rings. The van der Waals surface area contributed by atoms with Crippen molar-refractivity contribution >= 4 is 12.2 Å². The van der Waals surface area contributed by atoms with Gasteiger partial charge < -0.3 is 10.5 Å². The van der Waals surface area contributed by atoms with Crippen LogP contribution in [0.15, 0.2) is 0 Å². The summed E-state index contributed by atoms with van der Waals surface area (Å²) in [7, 11) is 0. The molecule has 0 aliphatic carbocycles. The summed E-state index contributed by atoms with van der Waals surface area (Å²) in [5, 5.41) is 0. The Hall–Kier alpha value is -1.30. The van der Waals surface area contributed by atoms with Crippen LogP contribution in [-0.2, 0) is 9.59 Å². The van der Waals surface area contributed by atoms with Crippen molar-refractivity contribution in [3.8, 4) is 12.3 Å². The molecule has 0 aromatic carbocycles. The van der Waals surface area contributed by atoms with Crippen molar-refractivity contribution < 1.29 is 9.59 Å². The van der Waals surface area contributed by atoms with E-state index in [9.17, 15) is 9.59 Å². The maximum Gasteiger partial charge on any atom is 0.227 e. The van der Waals surface area contributed by atoms with Crippen LogP contribution in [0.25, 0.3) is 0 Å². The highest BCUT2D eigenvalue weighted by Crippen LogP contribution is 2.08. The lowest BCUT2D eigenvalue weighted by Gasteiger charge is -2.04. The normalized spacial score (nSPS) is 11.6. The molecule has 0 bridgehead atoms. The van der Waals surface area contributed by atoms with Gasteiger partial charge in [0.25, 0.3) is 0 Å². The second kappa shape index (κ2) is 6.24. The molecule has 0 rings (SSSR count). The van der Waals surface area contributed by atoms with E-state index in [1.165, 1.54) is 6.92 Å². The molecule has 3 nitrogen and oxygen atoms in total. The Morgan fingerprint density at radius 3 is 1.85 bits per heavy atom. The molecule has 3 heteroatoms. The lowest BCUT2D eigenvalue weighted by molar-refractivity contribution is -0.125. The van der Waals surface area contributed by atoms with E-state index in [-0.39, 0.29) is 5.41 Å². The Morgan fingerprint density at radius 1 is 1.54 bits per heavy atom. The van der Waals surface area contributed by atoms with Crippen molar-refractivity contribution in [3.63, 3.8) is 0 Å². The van der Waals surface area contributed by atoms with E-state index >= 15 is 0 Å². The van der Waals surface area contributed by atoms with Crippen molar-refractivity contribution in [2.24, 2.45) is 17.1 Å². The van der Waals surface area contributed by atoms with Crippen LogP contribution in [0.5, 0.6) is 0 Å². The minimum Gasteiger partial charge on any atom is -0.369 e. The van der Waals surface area contributed by atoms with Gasteiger partial charge in [0.1, 0.15) is 6.29 Å². The summed E-state index contributed by atoms with van der Waals surface area (Å²) in [5.74, 6) is 1.39. The van der Waals surface area contributed by atoms with E-state index in [4.69, 9.17) is 6.42 Å². The van der Waals surface area contributed by atoms with Gasteiger partial charge in [0.2, 0.25) is 5.91 Å². The molecule has 1 atom stereocenters. The van der Waals surface area contributed by atoms with Crippen molar-refractivity contribution in [3.05, 3.63) is 0 Å². The number of aldehydes is 1. The Morgan fingerprint density at radius 2 is 1.85 bits per heavy atom. The van der Waals surface area contributed by atoms with Gasteiger partial charge in [-0.25, -0.2) is 0 Å². The van der Waals surface area contributed by atoms with E-state index in [0.717, 1.165) is 0 Å². The van der Waals surface area contributed by atoms with Gasteiger partial charge in [0, 0.05) is 5.41 Å². The third-order valence-electron chi connectivity index (χ3n) is 1.09. The van der Waals surface area contributed by atoms with E-state index < -0.39 is 11.8 Å². The predicted octanol–water partition coefficient (Wildman–Crippen LogP) is 0.972. The maximum absolute atomic E-state index is 9.92. The zero-order chi connectivity index (χ0) is 11.1. The van der Waals surface area contributed by atoms with Crippen LogP contribution in [0.1, 0.15) is 27.7 Å². The summed E-state index contributed by atoms with van der Waals surface area (Å²) in [5.41, 5.74) is 4.75. The van der Waals surface area contributed by atoms with Crippen molar-refractivity contribution in [1.82, 2.24) is 0 Å². The number of hydrogen-bond donors (Lipinski definition) is 1. The summed E-state index contributed by atoms with van der Waals surface area (Å²) >= 11 is 0. The molecule has 0 heterocycles. The first-order valence-electron chi connectivity index (χ1n) is 3.97. The van der Waals surface area contributed by atoms with Gasteiger partial charge in [-0.1, -0.05) is 0 Å². The fourth-order valence-electron chi connectivity index (χ4n) is 0.0671. The van der Waals surface area contributed by atoms with E-state index in [1.807, 2.05) is 20.8 Å². The van der Waals surface area contributed by atoms with Crippen LogP contribution in [-0.4, -0.2) is 12.2 Å². The molecule has 0 fully saturated rings. The Bertz CT molecular complexity index is 208. The number of primary amides is 1. The van der Waals surface area contributed by atoms with Gasteiger partial charge in [0.05, 0.1) is 5.92 Å². The summed E-state index contributed by atoms with van der Waals surface area (Å²) < 4.78 is 0. The molecule has 0 aromatic heterocycles. The summed E-state index contributed by atoms with van der Waals surface area (Å²) in [6.45, 7) is 7.47. The molecule has 0 saturated carbocycles. The van der Waals surface area contributed by atoms with Crippen molar-refractivity contribution in [2.75, 3.05) is 0 Å².